The van der Waals surface area contributed by atoms with Crippen molar-refractivity contribution >= 4 is 22.7 Å². The van der Waals surface area contributed by atoms with E-state index in [1.54, 1.807) is 24.3 Å². The van der Waals surface area contributed by atoms with Crippen molar-refractivity contribution in [1.29, 1.82) is 0 Å². The second kappa shape index (κ2) is 5.55. The number of rotatable bonds is 3. The fourth-order valence-corrected chi connectivity index (χ4v) is 2.14. The molecule has 6 nitrogen and oxygen atoms in total. The highest BCUT2D eigenvalue weighted by Gasteiger charge is 2.21. The molecule has 1 amide bonds. The third-order valence-corrected chi connectivity index (χ3v) is 3.40. The van der Waals surface area contributed by atoms with Gasteiger partial charge in [0.25, 0.3) is 5.91 Å². The molecule has 2 aromatic heterocycles. The van der Waals surface area contributed by atoms with Crippen LogP contribution in [-0.2, 0) is 12.0 Å². The number of fused-ring (bicyclic) bond motifs is 1. The standard InChI is InChI=1S/C17H19N3O3/c1-17(2,3)16-20-13-7-11(4-5-14(13)23-16)19-15(21)10-6-12(8-18)22-9-10/h4-7,9H,8,18H2,1-3H3,(H,19,21). The SMILES string of the molecule is CC(C)(C)c1nc2cc(NC(=O)c3coc(CN)c3)ccc2o1. The maximum absolute atomic E-state index is 12.2. The van der Waals surface area contributed by atoms with Crippen LogP contribution in [0.3, 0.4) is 0 Å². The van der Waals surface area contributed by atoms with Crippen LogP contribution in [0.1, 0.15) is 42.8 Å². The molecule has 0 saturated heterocycles. The van der Waals surface area contributed by atoms with E-state index in [9.17, 15) is 4.79 Å². The molecule has 3 aromatic rings. The van der Waals surface area contributed by atoms with E-state index in [4.69, 9.17) is 14.6 Å². The third kappa shape index (κ3) is 3.12. The van der Waals surface area contributed by atoms with Crippen LogP contribution in [0.15, 0.2) is 39.4 Å². The summed E-state index contributed by atoms with van der Waals surface area (Å²) in [6.45, 7) is 6.37. The molecule has 0 bridgehead atoms. The molecule has 0 atom stereocenters. The van der Waals surface area contributed by atoms with Crippen LogP contribution in [-0.4, -0.2) is 10.9 Å². The van der Waals surface area contributed by atoms with Crippen LogP contribution in [0, 0.1) is 0 Å². The van der Waals surface area contributed by atoms with Crippen LogP contribution < -0.4 is 11.1 Å². The molecule has 23 heavy (non-hydrogen) atoms. The van der Waals surface area contributed by atoms with Crippen molar-refractivity contribution in [1.82, 2.24) is 4.98 Å². The normalized spacial score (nSPS) is 11.8. The zero-order chi connectivity index (χ0) is 16.6. The highest BCUT2D eigenvalue weighted by molar-refractivity contribution is 6.04. The van der Waals surface area contributed by atoms with Gasteiger partial charge in [0.2, 0.25) is 5.89 Å². The molecule has 0 saturated carbocycles. The van der Waals surface area contributed by atoms with Gasteiger partial charge < -0.3 is 19.9 Å². The van der Waals surface area contributed by atoms with Crippen molar-refractivity contribution in [3.8, 4) is 0 Å². The number of anilines is 1. The molecule has 0 radical (unpaired) electrons. The van der Waals surface area contributed by atoms with Gasteiger partial charge in [-0.05, 0) is 24.3 Å². The van der Waals surface area contributed by atoms with Gasteiger partial charge in [0, 0.05) is 11.1 Å². The van der Waals surface area contributed by atoms with Gasteiger partial charge in [-0.3, -0.25) is 4.79 Å². The summed E-state index contributed by atoms with van der Waals surface area (Å²) in [5.74, 6) is 0.975. The minimum atomic E-state index is -0.257. The molecule has 0 aliphatic heterocycles. The zero-order valence-corrected chi connectivity index (χ0v) is 13.3. The highest BCUT2D eigenvalue weighted by atomic mass is 16.3. The van der Waals surface area contributed by atoms with Gasteiger partial charge in [0.1, 0.15) is 17.5 Å². The fourth-order valence-electron chi connectivity index (χ4n) is 2.14. The molecule has 2 heterocycles. The molecule has 0 fully saturated rings. The number of furan rings is 1. The second-order valence-electron chi connectivity index (χ2n) is 6.41. The lowest BCUT2D eigenvalue weighted by molar-refractivity contribution is 0.102. The van der Waals surface area contributed by atoms with Crippen molar-refractivity contribution in [2.24, 2.45) is 5.73 Å². The first kappa shape index (κ1) is 15.3. The predicted molar refractivity (Wildman–Crippen MR) is 87.3 cm³/mol. The van der Waals surface area contributed by atoms with Crippen LogP contribution in [0.2, 0.25) is 0 Å². The van der Waals surface area contributed by atoms with Crippen molar-refractivity contribution < 1.29 is 13.6 Å². The van der Waals surface area contributed by atoms with E-state index in [1.165, 1.54) is 6.26 Å². The average molecular weight is 313 g/mol. The number of hydrogen-bond acceptors (Lipinski definition) is 5. The number of carbonyl (C=O) groups excluding carboxylic acids is 1. The largest absolute Gasteiger partial charge is 0.467 e. The van der Waals surface area contributed by atoms with Gasteiger partial charge in [-0.2, -0.15) is 0 Å². The Morgan fingerprint density at radius 2 is 2.09 bits per heavy atom. The van der Waals surface area contributed by atoms with E-state index in [2.05, 4.69) is 10.3 Å². The van der Waals surface area contributed by atoms with Gasteiger partial charge in [-0.1, -0.05) is 20.8 Å². The van der Waals surface area contributed by atoms with Crippen LogP contribution >= 0.6 is 0 Å². The van der Waals surface area contributed by atoms with E-state index >= 15 is 0 Å². The molecule has 0 unspecified atom stereocenters. The zero-order valence-electron chi connectivity index (χ0n) is 13.3. The number of aromatic nitrogens is 1. The minimum Gasteiger partial charge on any atom is -0.467 e. The second-order valence-corrected chi connectivity index (χ2v) is 6.41. The number of hydrogen-bond donors (Lipinski definition) is 2. The van der Waals surface area contributed by atoms with Crippen molar-refractivity contribution in [3.63, 3.8) is 0 Å². The molecule has 0 spiro atoms. The smallest absolute Gasteiger partial charge is 0.258 e. The number of nitrogens with one attached hydrogen (secondary N) is 1. The summed E-state index contributed by atoms with van der Waals surface area (Å²) < 4.78 is 10.9. The highest BCUT2D eigenvalue weighted by Crippen LogP contribution is 2.27. The lowest BCUT2D eigenvalue weighted by Gasteiger charge is -2.11. The molecular formula is C17H19N3O3. The quantitative estimate of drug-likeness (QED) is 0.772. The van der Waals surface area contributed by atoms with Crippen LogP contribution in [0.25, 0.3) is 11.1 Å². The fraction of sp³-hybridized carbons (Fsp3) is 0.294. The van der Waals surface area contributed by atoms with E-state index < -0.39 is 0 Å². The minimum absolute atomic E-state index is 0.169. The van der Waals surface area contributed by atoms with Crippen molar-refractivity contribution in [2.75, 3.05) is 5.32 Å². The van der Waals surface area contributed by atoms with E-state index in [1.807, 2.05) is 20.8 Å². The van der Waals surface area contributed by atoms with Gasteiger partial charge in [-0.25, -0.2) is 4.98 Å². The number of nitrogens with two attached hydrogens (primary N) is 1. The Labute approximate surface area is 133 Å². The molecular weight excluding hydrogens is 294 g/mol. The topological polar surface area (TPSA) is 94.3 Å². The summed E-state index contributed by atoms with van der Waals surface area (Å²) in [5, 5.41) is 2.81. The first-order valence-corrected chi connectivity index (χ1v) is 7.37. The first-order valence-electron chi connectivity index (χ1n) is 7.37. The lowest BCUT2D eigenvalue weighted by atomic mass is 9.97. The Bertz CT molecular complexity index is 855. The number of amides is 1. The Morgan fingerprint density at radius 1 is 1.30 bits per heavy atom. The van der Waals surface area contributed by atoms with Crippen molar-refractivity contribution in [3.05, 3.63) is 47.7 Å². The molecule has 120 valence electrons. The van der Waals surface area contributed by atoms with Gasteiger partial charge in [-0.15, -0.1) is 0 Å². The average Bonchev–Trinajstić information content (AvgIpc) is 3.12. The summed E-state index contributed by atoms with van der Waals surface area (Å²) in [4.78, 5) is 16.7. The number of nitrogens with zero attached hydrogens (tertiary/aromatic N) is 1. The monoisotopic (exact) mass is 313 g/mol. The van der Waals surface area contributed by atoms with E-state index in [-0.39, 0.29) is 17.9 Å². The first-order chi connectivity index (χ1) is 10.9. The summed E-state index contributed by atoms with van der Waals surface area (Å²) in [6.07, 6.45) is 1.39. The molecule has 3 rings (SSSR count). The number of oxazole rings is 1. The summed E-state index contributed by atoms with van der Waals surface area (Å²) in [5.41, 5.74) is 7.79. The van der Waals surface area contributed by atoms with Gasteiger partial charge in [0.05, 0.1) is 12.1 Å². The summed E-state index contributed by atoms with van der Waals surface area (Å²) >= 11 is 0. The van der Waals surface area contributed by atoms with Gasteiger partial charge in [0.15, 0.2) is 5.58 Å². The molecule has 6 heteroatoms. The van der Waals surface area contributed by atoms with E-state index in [0.717, 1.165) is 0 Å². The summed E-state index contributed by atoms with van der Waals surface area (Å²) in [6, 6.07) is 6.99. The van der Waals surface area contributed by atoms with E-state index in [0.29, 0.717) is 34.0 Å². The Balaban J connectivity index is 1.84. The predicted octanol–water partition coefficient (Wildman–Crippen LogP) is 3.43. The van der Waals surface area contributed by atoms with Gasteiger partial charge >= 0.3 is 0 Å². The Kier molecular flexibility index (Phi) is 3.69. The van der Waals surface area contributed by atoms with Crippen LogP contribution in [0.5, 0.6) is 0 Å². The van der Waals surface area contributed by atoms with Crippen molar-refractivity contribution in [2.45, 2.75) is 32.7 Å². The number of benzene rings is 1. The molecule has 1 aromatic carbocycles. The molecule has 3 N–H and O–H groups in total. The van der Waals surface area contributed by atoms with Crippen LogP contribution in [0.4, 0.5) is 5.69 Å². The number of carbonyl (C=O) groups is 1. The molecule has 0 aliphatic rings. The Hall–Kier alpha value is -2.60. The summed E-state index contributed by atoms with van der Waals surface area (Å²) in [7, 11) is 0. The third-order valence-electron chi connectivity index (χ3n) is 3.40. The maximum atomic E-state index is 12.2. The molecule has 0 aliphatic carbocycles. The Morgan fingerprint density at radius 3 is 2.74 bits per heavy atom. The maximum Gasteiger partial charge on any atom is 0.258 e. The lowest BCUT2D eigenvalue weighted by Crippen LogP contribution is -2.11.